The van der Waals surface area contributed by atoms with Crippen LogP contribution in [0.4, 0.5) is 4.79 Å². The maximum absolute atomic E-state index is 13.0. The second-order valence-corrected chi connectivity index (χ2v) is 8.75. The van der Waals surface area contributed by atoms with Gasteiger partial charge in [-0.1, -0.05) is 48.6 Å². The Bertz CT molecular complexity index is 1040. The van der Waals surface area contributed by atoms with Crippen LogP contribution in [0.25, 0.3) is 6.08 Å². The first-order chi connectivity index (χ1) is 15.6. The molecule has 1 aromatic heterocycles. The van der Waals surface area contributed by atoms with Crippen molar-refractivity contribution in [1.29, 1.82) is 0 Å². The van der Waals surface area contributed by atoms with Crippen LogP contribution in [0.15, 0.2) is 71.9 Å². The van der Waals surface area contributed by atoms with E-state index in [0.29, 0.717) is 11.4 Å². The van der Waals surface area contributed by atoms with Gasteiger partial charge in [-0.05, 0) is 54.3 Å². The monoisotopic (exact) mass is 447 g/mol. The average Bonchev–Trinajstić information content (AvgIpc) is 3.11. The molecule has 0 radical (unpaired) electrons. The number of carbonyl (C=O) groups excluding carboxylic acids is 3. The normalized spacial score (nSPS) is 20.5. The Morgan fingerprint density at radius 3 is 2.75 bits per heavy atom. The molecule has 0 saturated carbocycles. The number of hydrogen-bond donors (Lipinski definition) is 0. The standard InChI is InChI=1S/C25H25N3O3S/c29-23(27-16-5-4-12-21(27)20-11-7-15-26-18-20)14-17-28-24(30)22(32-25(28)31)13-6-10-19-8-2-1-3-9-19/h1-3,6-11,13,15,18,21H,4-5,12,14,16-17H2/t21-/m0/s1. The molecular weight excluding hydrogens is 422 g/mol. The maximum Gasteiger partial charge on any atom is 0.293 e. The molecular formula is C25H25N3O3S. The minimum absolute atomic E-state index is 0.00267. The van der Waals surface area contributed by atoms with Gasteiger partial charge in [0.25, 0.3) is 11.1 Å². The van der Waals surface area contributed by atoms with E-state index in [9.17, 15) is 14.4 Å². The molecule has 0 bridgehead atoms. The van der Waals surface area contributed by atoms with E-state index in [1.807, 2.05) is 53.4 Å². The van der Waals surface area contributed by atoms with Crippen molar-refractivity contribution in [2.24, 2.45) is 0 Å². The van der Waals surface area contributed by atoms with E-state index in [4.69, 9.17) is 0 Å². The van der Waals surface area contributed by atoms with Crippen LogP contribution in [0.1, 0.15) is 42.9 Å². The van der Waals surface area contributed by atoms with Crippen molar-refractivity contribution in [3.8, 4) is 0 Å². The third-order valence-electron chi connectivity index (χ3n) is 5.65. The van der Waals surface area contributed by atoms with Crippen LogP contribution >= 0.6 is 11.8 Å². The van der Waals surface area contributed by atoms with Gasteiger partial charge in [0.15, 0.2) is 0 Å². The van der Waals surface area contributed by atoms with Crippen LogP contribution in [-0.2, 0) is 9.59 Å². The van der Waals surface area contributed by atoms with Crippen molar-refractivity contribution in [3.63, 3.8) is 0 Å². The summed E-state index contributed by atoms with van der Waals surface area (Å²) >= 11 is 0.916. The predicted molar refractivity (Wildman–Crippen MR) is 125 cm³/mol. The lowest BCUT2D eigenvalue weighted by molar-refractivity contribution is -0.135. The van der Waals surface area contributed by atoms with E-state index in [0.717, 1.165) is 42.2 Å². The smallest absolute Gasteiger partial charge is 0.293 e. The number of thioether (sulfide) groups is 1. The summed E-state index contributed by atoms with van der Waals surface area (Å²) in [7, 11) is 0. The van der Waals surface area contributed by atoms with Gasteiger partial charge in [0.05, 0.1) is 10.9 Å². The van der Waals surface area contributed by atoms with Crippen molar-refractivity contribution in [2.45, 2.75) is 31.7 Å². The fraction of sp³-hybridized carbons (Fsp3) is 0.280. The number of piperidine rings is 1. The SMILES string of the molecule is O=C1SC(=CC=Cc2ccccc2)C(=O)N1CCC(=O)N1CCCC[C@H]1c1cccnc1. The number of benzene rings is 1. The van der Waals surface area contributed by atoms with Crippen molar-refractivity contribution >= 4 is 34.9 Å². The van der Waals surface area contributed by atoms with E-state index in [1.54, 1.807) is 24.5 Å². The Labute approximate surface area is 192 Å². The molecule has 4 rings (SSSR count). The fourth-order valence-corrected chi connectivity index (χ4v) is 4.84. The van der Waals surface area contributed by atoms with E-state index in [2.05, 4.69) is 4.98 Å². The Hall–Kier alpha value is -3.19. The number of allylic oxidation sites excluding steroid dienone is 2. The fourth-order valence-electron chi connectivity index (χ4n) is 4.02. The number of nitrogens with zero attached hydrogens (tertiary/aromatic N) is 3. The molecule has 1 aromatic carbocycles. The van der Waals surface area contributed by atoms with Gasteiger partial charge in [-0.3, -0.25) is 24.3 Å². The van der Waals surface area contributed by atoms with Crippen LogP contribution in [-0.4, -0.2) is 44.9 Å². The summed E-state index contributed by atoms with van der Waals surface area (Å²) in [5, 5.41) is -0.329. The molecule has 7 heteroatoms. The highest BCUT2D eigenvalue weighted by molar-refractivity contribution is 8.18. The van der Waals surface area contributed by atoms with E-state index in [1.165, 1.54) is 4.90 Å². The molecule has 0 unspecified atom stereocenters. The summed E-state index contributed by atoms with van der Waals surface area (Å²) in [6.07, 6.45) is 11.9. The van der Waals surface area contributed by atoms with Gasteiger partial charge in [0, 0.05) is 31.9 Å². The van der Waals surface area contributed by atoms with Crippen LogP contribution in [0.3, 0.4) is 0 Å². The Morgan fingerprint density at radius 1 is 1.12 bits per heavy atom. The van der Waals surface area contributed by atoms with Crippen molar-refractivity contribution < 1.29 is 14.4 Å². The lowest BCUT2D eigenvalue weighted by Crippen LogP contribution is -2.40. The summed E-state index contributed by atoms with van der Waals surface area (Å²) < 4.78 is 0. The quantitative estimate of drug-likeness (QED) is 0.594. The molecule has 0 aliphatic carbocycles. The number of carbonyl (C=O) groups is 3. The zero-order chi connectivity index (χ0) is 22.3. The van der Waals surface area contributed by atoms with Gasteiger partial charge in [-0.15, -0.1) is 0 Å². The van der Waals surface area contributed by atoms with Gasteiger partial charge >= 0.3 is 0 Å². The molecule has 3 amide bonds. The topological polar surface area (TPSA) is 70.6 Å². The molecule has 2 aliphatic heterocycles. The lowest BCUT2D eigenvalue weighted by atomic mass is 9.96. The number of aromatic nitrogens is 1. The minimum atomic E-state index is -0.340. The van der Waals surface area contributed by atoms with Crippen molar-refractivity contribution in [2.75, 3.05) is 13.1 Å². The molecule has 32 heavy (non-hydrogen) atoms. The Morgan fingerprint density at radius 2 is 1.97 bits per heavy atom. The van der Waals surface area contributed by atoms with E-state index >= 15 is 0 Å². The van der Waals surface area contributed by atoms with Crippen LogP contribution < -0.4 is 0 Å². The van der Waals surface area contributed by atoms with Crippen LogP contribution in [0.2, 0.25) is 0 Å². The molecule has 2 fully saturated rings. The summed E-state index contributed by atoms with van der Waals surface area (Å²) in [4.78, 5) is 45.6. The zero-order valence-corrected chi connectivity index (χ0v) is 18.5. The molecule has 2 aliphatic rings. The summed E-state index contributed by atoms with van der Waals surface area (Å²) in [5.41, 5.74) is 2.04. The summed E-state index contributed by atoms with van der Waals surface area (Å²) in [5.74, 6) is -0.376. The van der Waals surface area contributed by atoms with Gasteiger partial charge in [-0.2, -0.15) is 0 Å². The van der Waals surface area contributed by atoms with Gasteiger partial charge < -0.3 is 4.90 Å². The highest BCUT2D eigenvalue weighted by Crippen LogP contribution is 2.33. The number of imide groups is 1. The number of amides is 3. The number of rotatable bonds is 6. The largest absolute Gasteiger partial charge is 0.336 e. The van der Waals surface area contributed by atoms with Gasteiger partial charge in [0.1, 0.15) is 0 Å². The Kier molecular flexibility index (Phi) is 7.17. The van der Waals surface area contributed by atoms with Gasteiger partial charge in [0.2, 0.25) is 5.91 Å². The van der Waals surface area contributed by atoms with Crippen LogP contribution in [0, 0.1) is 0 Å². The zero-order valence-electron chi connectivity index (χ0n) is 17.7. The molecule has 1 atom stereocenters. The Balaban J connectivity index is 1.37. The number of hydrogen-bond acceptors (Lipinski definition) is 5. The molecule has 3 heterocycles. The number of likely N-dealkylation sites (tertiary alicyclic amines) is 1. The summed E-state index contributed by atoms with van der Waals surface area (Å²) in [6, 6.07) is 13.6. The molecule has 2 aromatic rings. The molecule has 6 nitrogen and oxygen atoms in total. The van der Waals surface area contributed by atoms with E-state index < -0.39 is 0 Å². The third kappa shape index (κ3) is 5.16. The average molecular weight is 448 g/mol. The second-order valence-electron chi connectivity index (χ2n) is 7.76. The third-order valence-corrected chi connectivity index (χ3v) is 6.58. The predicted octanol–water partition coefficient (Wildman–Crippen LogP) is 4.82. The highest BCUT2D eigenvalue weighted by atomic mass is 32.2. The molecule has 164 valence electrons. The number of pyridine rings is 1. The first-order valence-electron chi connectivity index (χ1n) is 10.8. The lowest BCUT2D eigenvalue weighted by Gasteiger charge is -2.36. The van der Waals surface area contributed by atoms with Gasteiger partial charge in [-0.25, -0.2) is 0 Å². The maximum atomic E-state index is 13.0. The second kappa shape index (κ2) is 10.4. The van der Waals surface area contributed by atoms with Crippen molar-refractivity contribution in [3.05, 3.63) is 83.0 Å². The van der Waals surface area contributed by atoms with Crippen molar-refractivity contribution in [1.82, 2.24) is 14.8 Å². The summed E-state index contributed by atoms with van der Waals surface area (Å²) in [6.45, 7) is 0.782. The van der Waals surface area contributed by atoms with E-state index in [-0.39, 0.29) is 36.1 Å². The first kappa shape index (κ1) is 22.0. The molecule has 2 saturated heterocycles. The first-order valence-corrected chi connectivity index (χ1v) is 11.6. The highest BCUT2D eigenvalue weighted by Gasteiger charge is 2.36. The minimum Gasteiger partial charge on any atom is -0.336 e. The van der Waals surface area contributed by atoms with Crippen LogP contribution in [0.5, 0.6) is 0 Å². The molecule has 0 N–H and O–H groups in total. The molecule has 0 spiro atoms.